The molecule has 0 aliphatic carbocycles. The first-order chi connectivity index (χ1) is 16.0. The minimum atomic E-state index is -3.54. The van der Waals surface area contributed by atoms with E-state index >= 15 is 0 Å². The first kappa shape index (κ1) is 28.0. The Balaban J connectivity index is 2.23. The van der Waals surface area contributed by atoms with Crippen molar-refractivity contribution in [1.29, 1.82) is 0 Å². The van der Waals surface area contributed by atoms with Crippen molar-refractivity contribution in [2.75, 3.05) is 24.2 Å². The highest BCUT2D eigenvalue weighted by atomic mass is 35.5. The van der Waals surface area contributed by atoms with Crippen LogP contribution in [0.5, 0.6) is 0 Å². The lowest BCUT2D eigenvalue weighted by atomic mass is 10.1. The maximum absolute atomic E-state index is 13.3. The lowest BCUT2D eigenvalue weighted by molar-refractivity contribution is -0.141. The van der Waals surface area contributed by atoms with Gasteiger partial charge in [-0.1, -0.05) is 53.9 Å². The van der Waals surface area contributed by atoms with E-state index < -0.39 is 16.1 Å². The number of nitrogens with one attached hydrogen (secondary N) is 1. The molecule has 1 unspecified atom stereocenters. The van der Waals surface area contributed by atoms with Crippen LogP contribution in [0, 0.1) is 6.92 Å². The standard InChI is InChI=1S/C24H31Cl2N3O4S/c1-5-22(24(31)27-3)28(16-19-20(25)8-6-9-21(19)26)23(30)10-7-15-29(34(4,32)33)18-13-11-17(2)12-14-18/h6,8-9,11-14,22H,5,7,10,15-16H2,1-4H3,(H,27,31). The molecular formula is C24H31Cl2N3O4S. The van der Waals surface area contributed by atoms with E-state index in [-0.39, 0.29) is 37.7 Å². The molecule has 0 saturated carbocycles. The monoisotopic (exact) mass is 527 g/mol. The molecule has 2 aromatic carbocycles. The van der Waals surface area contributed by atoms with Crippen LogP contribution >= 0.6 is 23.2 Å². The van der Waals surface area contributed by atoms with Crippen LogP contribution in [0.2, 0.25) is 10.0 Å². The molecular weight excluding hydrogens is 497 g/mol. The van der Waals surface area contributed by atoms with Gasteiger partial charge >= 0.3 is 0 Å². The molecule has 7 nitrogen and oxygen atoms in total. The number of amides is 2. The number of carbonyl (C=O) groups is 2. The third-order valence-electron chi connectivity index (χ3n) is 5.50. The summed E-state index contributed by atoms with van der Waals surface area (Å²) in [6.45, 7) is 3.93. The summed E-state index contributed by atoms with van der Waals surface area (Å²) in [5.41, 5.74) is 2.11. The van der Waals surface area contributed by atoms with Gasteiger partial charge in [-0.15, -0.1) is 0 Å². The zero-order valence-corrected chi connectivity index (χ0v) is 22.2. The number of carbonyl (C=O) groups excluding carboxylic acids is 2. The number of halogens is 2. The molecule has 0 aliphatic rings. The lowest BCUT2D eigenvalue weighted by Gasteiger charge is -2.31. The maximum Gasteiger partial charge on any atom is 0.242 e. The molecule has 10 heteroatoms. The van der Waals surface area contributed by atoms with E-state index in [1.54, 1.807) is 30.3 Å². The Morgan fingerprint density at radius 2 is 1.65 bits per heavy atom. The highest BCUT2D eigenvalue weighted by Crippen LogP contribution is 2.27. The quantitative estimate of drug-likeness (QED) is 0.469. The molecule has 1 atom stereocenters. The van der Waals surface area contributed by atoms with Crippen molar-refractivity contribution >= 4 is 50.7 Å². The lowest BCUT2D eigenvalue weighted by Crippen LogP contribution is -2.48. The van der Waals surface area contributed by atoms with E-state index in [2.05, 4.69) is 5.32 Å². The molecule has 0 spiro atoms. The number of aryl methyl sites for hydroxylation is 1. The smallest absolute Gasteiger partial charge is 0.242 e. The van der Waals surface area contributed by atoms with E-state index in [0.717, 1.165) is 11.8 Å². The number of hydrogen-bond donors (Lipinski definition) is 1. The molecule has 0 aliphatic heterocycles. The van der Waals surface area contributed by atoms with Crippen molar-refractivity contribution in [1.82, 2.24) is 10.2 Å². The molecule has 2 aromatic rings. The number of hydrogen-bond acceptors (Lipinski definition) is 4. The number of likely N-dealkylation sites (N-methyl/N-ethyl adjacent to an activating group) is 1. The van der Waals surface area contributed by atoms with Gasteiger partial charge < -0.3 is 10.2 Å². The van der Waals surface area contributed by atoms with Gasteiger partial charge in [-0.25, -0.2) is 8.42 Å². The minimum Gasteiger partial charge on any atom is -0.357 e. The van der Waals surface area contributed by atoms with Gasteiger partial charge in [-0.2, -0.15) is 0 Å². The first-order valence-corrected chi connectivity index (χ1v) is 13.6. The Hall–Kier alpha value is -2.29. The highest BCUT2D eigenvalue weighted by Gasteiger charge is 2.29. The van der Waals surface area contributed by atoms with Crippen LogP contribution in [0.15, 0.2) is 42.5 Å². The summed E-state index contributed by atoms with van der Waals surface area (Å²) in [5, 5.41) is 3.41. The topological polar surface area (TPSA) is 86.8 Å². The number of sulfonamides is 1. The predicted molar refractivity (Wildman–Crippen MR) is 138 cm³/mol. The minimum absolute atomic E-state index is 0.0491. The van der Waals surface area contributed by atoms with E-state index in [1.807, 2.05) is 26.0 Å². The van der Waals surface area contributed by atoms with Gasteiger partial charge in [0.15, 0.2) is 0 Å². The third-order valence-corrected chi connectivity index (χ3v) is 7.40. The molecule has 1 N–H and O–H groups in total. The van der Waals surface area contributed by atoms with E-state index in [0.29, 0.717) is 27.7 Å². The summed E-state index contributed by atoms with van der Waals surface area (Å²) in [4.78, 5) is 27.3. The SMILES string of the molecule is CCC(C(=O)NC)N(Cc1c(Cl)cccc1Cl)C(=O)CCCN(c1ccc(C)cc1)S(C)(=O)=O. The second kappa shape index (κ2) is 12.4. The summed E-state index contributed by atoms with van der Waals surface area (Å²) in [6, 6.07) is 11.5. The maximum atomic E-state index is 13.3. The number of anilines is 1. The van der Waals surface area contributed by atoms with E-state index in [4.69, 9.17) is 23.2 Å². The summed E-state index contributed by atoms with van der Waals surface area (Å²) in [6.07, 6.45) is 1.86. The van der Waals surface area contributed by atoms with Crippen LogP contribution in [0.4, 0.5) is 5.69 Å². The first-order valence-electron chi connectivity index (χ1n) is 11.0. The summed E-state index contributed by atoms with van der Waals surface area (Å²) < 4.78 is 26.0. The molecule has 2 rings (SSSR count). The molecule has 0 heterocycles. The fourth-order valence-electron chi connectivity index (χ4n) is 3.65. The molecule has 0 bridgehead atoms. The fraction of sp³-hybridized carbons (Fsp3) is 0.417. The van der Waals surface area contributed by atoms with Gasteiger partial charge in [-0.3, -0.25) is 13.9 Å². The zero-order valence-electron chi connectivity index (χ0n) is 19.8. The molecule has 0 fully saturated rings. The van der Waals surface area contributed by atoms with Crippen molar-refractivity contribution in [2.24, 2.45) is 0 Å². The Bertz CT molecular complexity index is 1090. The Kier molecular flexibility index (Phi) is 10.2. The van der Waals surface area contributed by atoms with Gasteiger partial charge in [0.25, 0.3) is 0 Å². The van der Waals surface area contributed by atoms with Crippen LogP contribution in [0.1, 0.15) is 37.3 Å². The van der Waals surface area contributed by atoms with Crippen molar-refractivity contribution in [3.05, 3.63) is 63.6 Å². The van der Waals surface area contributed by atoms with Crippen LogP contribution < -0.4 is 9.62 Å². The molecule has 34 heavy (non-hydrogen) atoms. The van der Waals surface area contributed by atoms with Crippen molar-refractivity contribution in [3.63, 3.8) is 0 Å². The second-order valence-corrected chi connectivity index (χ2v) is 10.8. The zero-order chi connectivity index (χ0) is 25.5. The number of nitrogens with zero attached hydrogens (tertiary/aromatic N) is 2. The molecule has 186 valence electrons. The molecule has 0 radical (unpaired) electrons. The number of benzene rings is 2. The van der Waals surface area contributed by atoms with Gasteiger partial charge in [0.05, 0.1) is 11.9 Å². The van der Waals surface area contributed by atoms with Crippen molar-refractivity contribution in [2.45, 2.75) is 45.7 Å². The van der Waals surface area contributed by atoms with Gasteiger partial charge in [0, 0.05) is 42.2 Å². The van der Waals surface area contributed by atoms with Gasteiger partial charge in [0.2, 0.25) is 21.8 Å². The third kappa shape index (κ3) is 7.35. The highest BCUT2D eigenvalue weighted by molar-refractivity contribution is 7.92. The predicted octanol–water partition coefficient (Wildman–Crippen LogP) is 4.40. The van der Waals surface area contributed by atoms with Crippen LogP contribution in [-0.2, 0) is 26.2 Å². The molecule has 2 amide bonds. The van der Waals surface area contributed by atoms with Crippen LogP contribution in [-0.4, -0.2) is 51.0 Å². The van der Waals surface area contributed by atoms with Crippen molar-refractivity contribution in [3.8, 4) is 0 Å². The fourth-order valence-corrected chi connectivity index (χ4v) is 5.14. The average molecular weight is 529 g/mol. The Labute approximate surface area is 212 Å². The summed E-state index contributed by atoms with van der Waals surface area (Å²) >= 11 is 12.6. The van der Waals surface area contributed by atoms with Crippen LogP contribution in [0.3, 0.4) is 0 Å². The summed E-state index contributed by atoms with van der Waals surface area (Å²) in [7, 11) is -2.02. The van der Waals surface area contributed by atoms with Crippen LogP contribution in [0.25, 0.3) is 0 Å². The normalized spacial score (nSPS) is 12.2. The Morgan fingerprint density at radius 1 is 1.06 bits per heavy atom. The van der Waals surface area contributed by atoms with E-state index in [9.17, 15) is 18.0 Å². The Morgan fingerprint density at radius 3 is 2.15 bits per heavy atom. The average Bonchev–Trinajstić information content (AvgIpc) is 2.78. The molecule has 0 aromatic heterocycles. The molecule has 0 saturated heterocycles. The van der Waals surface area contributed by atoms with Gasteiger partial charge in [-0.05, 0) is 44.0 Å². The number of rotatable bonds is 11. The van der Waals surface area contributed by atoms with E-state index in [1.165, 1.54) is 16.3 Å². The van der Waals surface area contributed by atoms with Crippen molar-refractivity contribution < 1.29 is 18.0 Å². The summed E-state index contributed by atoms with van der Waals surface area (Å²) in [5.74, 6) is -0.583. The largest absolute Gasteiger partial charge is 0.357 e. The van der Waals surface area contributed by atoms with Gasteiger partial charge in [0.1, 0.15) is 6.04 Å². The second-order valence-electron chi connectivity index (χ2n) is 8.03.